The van der Waals surface area contributed by atoms with Crippen molar-refractivity contribution in [3.63, 3.8) is 0 Å². The molecule has 0 aliphatic carbocycles. The van der Waals surface area contributed by atoms with Gasteiger partial charge in [-0.15, -0.1) is 0 Å². The Labute approximate surface area is 147 Å². The lowest BCUT2D eigenvalue weighted by molar-refractivity contribution is 0.309. The van der Waals surface area contributed by atoms with Crippen LogP contribution in [0.1, 0.15) is 64.9 Å². The Morgan fingerprint density at radius 1 is 1.00 bits per heavy atom. The third-order valence-corrected chi connectivity index (χ3v) is 4.95. The van der Waals surface area contributed by atoms with Crippen molar-refractivity contribution in [3.05, 3.63) is 29.8 Å². The van der Waals surface area contributed by atoms with Gasteiger partial charge in [-0.05, 0) is 61.1 Å². The summed E-state index contributed by atoms with van der Waals surface area (Å²) in [6, 6.07) is 8.17. The molecule has 0 radical (unpaired) electrons. The fourth-order valence-corrected chi connectivity index (χ4v) is 3.68. The maximum absolute atomic E-state index is 10.6. The maximum Gasteiger partial charge on any atom is 0.264 e. The molecule has 0 saturated carbocycles. The molecule has 0 fully saturated rings. The van der Waals surface area contributed by atoms with Crippen molar-refractivity contribution in [1.29, 1.82) is 0 Å². The topological polar surface area (TPSA) is 63.6 Å². The van der Waals surface area contributed by atoms with Gasteiger partial charge in [-0.3, -0.25) is 4.55 Å². The minimum absolute atomic E-state index is 0.207. The predicted octanol–water partition coefficient (Wildman–Crippen LogP) is 4.91. The molecule has 0 aliphatic rings. The van der Waals surface area contributed by atoms with Crippen LogP contribution in [0.25, 0.3) is 0 Å². The quantitative estimate of drug-likeness (QED) is 0.452. The Balaban J connectivity index is 2.37. The molecule has 138 valence electrons. The zero-order valence-corrected chi connectivity index (χ0v) is 16.2. The Hall–Kier alpha value is -1.07. The van der Waals surface area contributed by atoms with E-state index in [1.165, 1.54) is 18.4 Å². The zero-order chi connectivity index (χ0) is 18.2. The molecule has 2 unspecified atom stereocenters. The van der Waals surface area contributed by atoms with Crippen LogP contribution in [-0.2, 0) is 10.1 Å². The van der Waals surface area contributed by atoms with Crippen molar-refractivity contribution in [3.8, 4) is 5.75 Å². The summed E-state index contributed by atoms with van der Waals surface area (Å²) in [5.74, 6) is 2.58. The first-order chi connectivity index (χ1) is 11.2. The molecule has 1 aromatic carbocycles. The number of benzene rings is 1. The second-order valence-electron chi connectivity index (χ2n) is 7.28. The molecule has 0 heterocycles. The summed E-state index contributed by atoms with van der Waals surface area (Å²) in [6.07, 6.45) is 3.45. The van der Waals surface area contributed by atoms with E-state index in [4.69, 9.17) is 9.29 Å². The average molecular weight is 357 g/mol. The van der Waals surface area contributed by atoms with E-state index in [0.29, 0.717) is 25.4 Å². The van der Waals surface area contributed by atoms with E-state index in [0.717, 1.165) is 17.6 Å². The van der Waals surface area contributed by atoms with E-state index in [1.54, 1.807) is 0 Å². The Morgan fingerprint density at radius 2 is 1.62 bits per heavy atom. The summed E-state index contributed by atoms with van der Waals surface area (Å²) in [5, 5.41) is 0. The van der Waals surface area contributed by atoms with Crippen LogP contribution in [0, 0.1) is 11.8 Å². The van der Waals surface area contributed by atoms with Crippen LogP contribution in [0.3, 0.4) is 0 Å². The number of rotatable bonds is 11. The van der Waals surface area contributed by atoms with Gasteiger partial charge in [0, 0.05) is 0 Å². The van der Waals surface area contributed by atoms with E-state index >= 15 is 0 Å². The van der Waals surface area contributed by atoms with Crippen molar-refractivity contribution in [1.82, 2.24) is 0 Å². The Bertz CT molecular complexity index is 564. The summed E-state index contributed by atoms with van der Waals surface area (Å²) in [6.45, 7) is 9.57. The molecule has 2 atom stereocenters. The predicted molar refractivity (Wildman–Crippen MR) is 99.2 cm³/mol. The second kappa shape index (κ2) is 10.0. The van der Waals surface area contributed by atoms with Gasteiger partial charge in [-0.25, -0.2) is 0 Å². The van der Waals surface area contributed by atoms with Crippen molar-refractivity contribution in [2.24, 2.45) is 11.8 Å². The van der Waals surface area contributed by atoms with E-state index in [2.05, 4.69) is 39.8 Å². The van der Waals surface area contributed by atoms with Gasteiger partial charge >= 0.3 is 0 Å². The van der Waals surface area contributed by atoms with Crippen LogP contribution in [0.15, 0.2) is 24.3 Å². The lowest BCUT2D eigenvalue weighted by Crippen LogP contribution is -2.06. The van der Waals surface area contributed by atoms with Crippen LogP contribution in [-0.4, -0.2) is 25.3 Å². The van der Waals surface area contributed by atoms with Gasteiger partial charge in [0.2, 0.25) is 0 Å². The second-order valence-corrected chi connectivity index (χ2v) is 8.85. The lowest BCUT2D eigenvalue weighted by atomic mass is 9.87. The van der Waals surface area contributed by atoms with Gasteiger partial charge < -0.3 is 4.74 Å². The highest BCUT2D eigenvalue weighted by Gasteiger charge is 2.12. The number of hydrogen-bond donors (Lipinski definition) is 1. The molecular formula is C19H32O4S. The molecule has 0 aliphatic heterocycles. The SMILES string of the molecule is CC(C)CC(C)CC(C)c1ccc(OCCCCS(=O)(=O)O)cc1. The van der Waals surface area contributed by atoms with E-state index in [9.17, 15) is 8.42 Å². The first-order valence-electron chi connectivity index (χ1n) is 8.85. The first-order valence-corrected chi connectivity index (χ1v) is 10.5. The molecule has 0 spiro atoms. The van der Waals surface area contributed by atoms with Crippen molar-refractivity contribution in [2.75, 3.05) is 12.4 Å². The smallest absolute Gasteiger partial charge is 0.264 e. The number of unbranched alkanes of at least 4 members (excludes halogenated alkanes) is 1. The van der Waals surface area contributed by atoms with Crippen LogP contribution in [0.5, 0.6) is 5.75 Å². The van der Waals surface area contributed by atoms with Crippen LogP contribution in [0.4, 0.5) is 0 Å². The minimum Gasteiger partial charge on any atom is -0.494 e. The van der Waals surface area contributed by atoms with Gasteiger partial charge in [0.15, 0.2) is 0 Å². The highest BCUT2D eigenvalue weighted by Crippen LogP contribution is 2.28. The molecule has 5 heteroatoms. The third kappa shape index (κ3) is 9.28. The summed E-state index contributed by atoms with van der Waals surface area (Å²) < 4.78 is 35.5. The summed E-state index contributed by atoms with van der Waals surface area (Å²) in [7, 11) is -3.86. The molecule has 0 bridgehead atoms. The number of hydrogen-bond acceptors (Lipinski definition) is 3. The van der Waals surface area contributed by atoms with Crippen molar-refractivity contribution >= 4 is 10.1 Å². The summed E-state index contributed by atoms with van der Waals surface area (Å²) in [5.41, 5.74) is 1.32. The Kier molecular flexibility index (Phi) is 8.78. The Morgan fingerprint density at radius 3 is 2.17 bits per heavy atom. The number of ether oxygens (including phenoxy) is 1. The molecule has 1 N–H and O–H groups in total. The first kappa shape index (κ1) is 21.0. The molecule has 0 amide bonds. The minimum atomic E-state index is -3.86. The van der Waals surface area contributed by atoms with Gasteiger partial charge in [0.25, 0.3) is 10.1 Å². The standard InChI is InChI=1S/C19H32O4S/c1-15(2)13-16(3)14-17(4)18-7-9-19(10-8-18)23-11-5-6-12-24(20,21)22/h7-10,15-17H,5-6,11-14H2,1-4H3,(H,20,21,22). The van der Waals surface area contributed by atoms with E-state index < -0.39 is 10.1 Å². The molecular weight excluding hydrogens is 324 g/mol. The fraction of sp³-hybridized carbons (Fsp3) is 0.684. The molecule has 0 aromatic heterocycles. The maximum atomic E-state index is 10.6. The van der Waals surface area contributed by atoms with Gasteiger partial charge in [-0.1, -0.05) is 39.8 Å². The van der Waals surface area contributed by atoms with Gasteiger partial charge in [-0.2, -0.15) is 8.42 Å². The largest absolute Gasteiger partial charge is 0.494 e. The summed E-state index contributed by atoms with van der Waals surface area (Å²) in [4.78, 5) is 0. The van der Waals surface area contributed by atoms with Crippen molar-refractivity contribution in [2.45, 2.75) is 59.3 Å². The molecule has 24 heavy (non-hydrogen) atoms. The van der Waals surface area contributed by atoms with Crippen LogP contribution >= 0.6 is 0 Å². The average Bonchev–Trinajstić information content (AvgIpc) is 2.45. The molecule has 1 aromatic rings. The third-order valence-electron chi connectivity index (χ3n) is 4.14. The fourth-order valence-electron chi connectivity index (χ4n) is 3.11. The highest BCUT2D eigenvalue weighted by molar-refractivity contribution is 7.85. The van der Waals surface area contributed by atoms with Crippen molar-refractivity contribution < 1.29 is 17.7 Å². The van der Waals surface area contributed by atoms with Gasteiger partial charge in [0.05, 0.1) is 12.4 Å². The zero-order valence-electron chi connectivity index (χ0n) is 15.4. The van der Waals surface area contributed by atoms with E-state index in [-0.39, 0.29) is 5.75 Å². The van der Waals surface area contributed by atoms with Crippen LogP contribution in [0.2, 0.25) is 0 Å². The molecule has 0 saturated heterocycles. The highest BCUT2D eigenvalue weighted by atomic mass is 32.2. The van der Waals surface area contributed by atoms with Gasteiger partial charge in [0.1, 0.15) is 5.75 Å². The molecule has 4 nitrogen and oxygen atoms in total. The summed E-state index contributed by atoms with van der Waals surface area (Å²) >= 11 is 0. The van der Waals surface area contributed by atoms with Crippen LogP contribution < -0.4 is 4.74 Å². The monoisotopic (exact) mass is 356 g/mol. The van der Waals surface area contributed by atoms with E-state index in [1.807, 2.05) is 12.1 Å². The lowest BCUT2D eigenvalue weighted by Gasteiger charge is -2.19. The normalized spacial score (nSPS) is 14.6. The molecule has 1 rings (SSSR count).